The number of nitrogens with zero attached hydrogens (tertiary/aromatic N) is 3. The average molecular weight is 477 g/mol. The maximum Gasteiger partial charge on any atom is 0.174 e. The van der Waals surface area contributed by atoms with E-state index < -0.39 is 0 Å². The van der Waals surface area contributed by atoms with Gasteiger partial charge in [0.15, 0.2) is 5.11 Å². The van der Waals surface area contributed by atoms with Crippen LogP contribution in [0, 0.1) is 0 Å². The molecule has 0 aliphatic carbocycles. The quantitative estimate of drug-likeness (QED) is 0.306. The zero-order chi connectivity index (χ0) is 23.8. The fraction of sp³-hybridized carbons (Fsp3) is 0.103. The summed E-state index contributed by atoms with van der Waals surface area (Å²) in [6.45, 7) is 0. The zero-order valence-corrected chi connectivity index (χ0v) is 20.0. The summed E-state index contributed by atoms with van der Waals surface area (Å²) in [6, 6.07) is 33.0. The predicted octanol–water partition coefficient (Wildman–Crippen LogP) is 6.21. The molecule has 0 saturated carbocycles. The van der Waals surface area contributed by atoms with E-state index in [1.54, 1.807) is 7.11 Å². The Morgan fingerprint density at radius 1 is 0.829 bits per heavy atom. The number of benzene rings is 3. The smallest absolute Gasteiger partial charge is 0.174 e. The number of thiocarbonyl (C=S) groups is 1. The second kappa shape index (κ2) is 8.89. The molecule has 0 radical (unpaired) electrons. The third-order valence-corrected chi connectivity index (χ3v) is 6.84. The van der Waals surface area contributed by atoms with Crippen molar-refractivity contribution in [1.82, 2.24) is 14.9 Å². The maximum absolute atomic E-state index is 5.89. The van der Waals surface area contributed by atoms with Gasteiger partial charge < -0.3 is 19.5 Å². The molecule has 6 heteroatoms. The Kier molecular flexibility index (Phi) is 5.43. The number of nitrogens with one attached hydrogen (secondary N) is 1. The Hall–Kier alpha value is -4.16. The van der Waals surface area contributed by atoms with Crippen LogP contribution in [0.2, 0.25) is 0 Å². The lowest BCUT2D eigenvalue weighted by atomic mass is 10.0. The van der Waals surface area contributed by atoms with Crippen molar-refractivity contribution in [3.8, 4) is 11.4 Å². The third-order valence-electron chi connectivity index (χ3n) is 6.52. The van der Waals surface area contributed by atoms with Gasteiger partial charge in [-0.3, -0.25) is 4.98 Å². The third kappa shape index (κ3) is 3.82. The first-order valence-electron chi connectivity index (χ1n) is 11.5. The lowest BCUT2D eigenvalue weighted by Gasteiger charge is -2.29. The molecule has 35 heavy (non-hydrogen) atoms. The topological polar surface area (TPSA) is 42.3 Å². The molecule has 3 aromatic carbocycles. The fourth-order valence-corrected chi connectivity index (χ4v) is 5.24. The number of pyridine rings is 1. The van der Waals surface area contributed by atoms with Gasteiger partial charge in [0.1, 0.15) is 11.8 Å². The first-order chi connectivity index (χ1) is 17.2. The molecule has 0 unspecified atom stereocenters. The number of aromatic nitrogens is 2. The maximum atomic E-state index is 5.89. The average Bonchev–Trinajstić information content (AvgIpc) is 3.53. The highest BCUT2D eigenvalue weighted by Crippen LogP contribution is 2.43. The summed E-state index contributed by atoms with van der Waals surface area (Å²) in [7, 11) is 1.68. The molecule has 1 N–H and O–H groups in total. The van der Waals surface area contributed by atoms with E-state index >= 15 is 0 Å². The van der Waals surface area contributed by atoms with Crippen LogP contribution in [0.1, 0.15) is 23.5 Å². The van der Waals surface area contributed by atoms with Crippen molar-refractivity contribution in [3.05, 3.63) is 121 Å². The summed E-state index contributed by atoms with van der Waals surface area (Å²) in [6.07, 6.45) is 3.94. The van der Waals surface area contributed by atoms with Crippen LogP contribution in [0.15, 0.2) is 109 Å². The molecule has 0 bridgehead atoms. The summed E-state index contributed by atoms with van der Waals surface area (Å²) in [5, 5.41) is 6.63. The highest BCUT2D eigenvalue weighted by Gasteiger charge is 2.42. The number of ether oxygens (including phenoxy) is 1. The largest absolute Gasteiger partial charge is 0.497 e. The Bertz CT molecular complexity index is 1510. The minimum Gasteiger partial charge on any atom is -0.497 e. The SMILES string of the molecule is COc1cccc(N2C(=S)N[C@@H](c3ccccn3)[C@@H]2c2cccn2-c2ccc3ccccc3c2)c1. The molecule has 6 rings (SSSR count). The lowest BCUT2D eigenvalue weighted by molar-refractivity contribution is 0.414. The van der Waals surface area contributed by atoms with E-state index in [1.165, 1.54) is 10.8 Å². The molecular formula is C29H24N4OS. The van der Waals surface area contributed by atoms with Gasteiger partial charge in [-0.05, 0) is 71.5 Å². The number of anilines is 1. The highest BCUT2D eigenvalue weighted by molar-refractivity contribution is 7.80. The van der Waals surface area contributed by atoms with Crippen LogP contribution in [-0.4, -0.2) is 21.8 Å². The van der Waals surface area contributed by atoms with Crippen molar-refractivity contribution < 1.29 is 4.74 Å². The monoisotopic (exact) mass is 476 g/mol. The number of hydrogen-bond acceptors (Lipinski definition) is 3. The van der Waals surface area contributed by atoms with Gasteiger partial charge >= 0.3 is 0 Å². The molecule has 1 saturated heterocycles. The number of methoxy groups -OCH3 is 1. The van der Waals surface area contributed by atoms with E-state index in [4.69, 9.17) is 17.0 Å². The van der Waals surface area contributed by atoms with E-state index in [1.807, 2.05) is 42.6 Å². The van der Waals surface area contributed by atoms with E-state index in [-0.39, 0.29) is 12.1 Å². The normalized spacial score (nSPS) is 17.5. The van der Waals surface area contributed by atoms with Gasteiger partial charge in [0, 0.05) is 35.5 Å². The van der Waals surface area contributed by atoms with Gasteiger partial charge in [-0.2, -0.15) is 0 Å². The summed E-state index contributed by atoms with van der Waals surface area (Å²) in [5.41, 5.74) is 4.13. The first kappa shape index (κ1) is 21.4. The number of rotatable bonds is 5. The molecule has 3 heterocycles. The Balaban J connectivity index is 1.51. The van der Waals surface area contributed by atoms with Gasteiger partial charge in [-0.1, -0.05) is 42.5 Å². The first-order valence-corrected chi connectivity index (χ1v) is 11.9. The van der Waals surface area contributed by atoms with Crippen LogP contribution in [0.5, 0.6) is 5.75 Å². The van der Waals surface area contributed by atoms with E-state index in [2.05, 4.69) is 86.6 Å². The van der Waals surface area contributed by atoms with E-state index in [9.17, 15) is 0 Å². The molecule has 0 spiro atoms. The van der Waals surface area contributed by atoms with Crippen molar-refractivity contribution in [2.24, 2.45) is 0 Å². The van der Waals surface area contributed by atoms with Gasteiger partial charge in [0.25, 0.3) is 0 Å². The Labute approximate surface area is 209 Å². The molecule has 172 valence electrons. The van der Waals surface area contributed by atoms with Gasteiger partial charge in [0.2, 0.25) is 0 Å². The minimum atomic E-state index is -0.121. The second-order valence-electron chi connectivity index (χ2n) is 8.53. The lowest BCUT2D eigenvalue weighted by Crippen LogP contribution is -2.30. The van der Waals surface area contributed by atoms with Gasteiger partial charge in [-0.25, -0.2) is 0 Å². The zero-order valence-electron chi connectivity index (χ0n) is 19.2. The van der Waals surface area contributed by atoms with Crippen molar-refractivity contribution in [3.63, 3.8) is 0 Å². The van der Waals surface area contributed by atoms with Crippen molar-refractivity contribution in [2.45, 2.75) is 12.1 Å². The van der Waals surface area contributed by atoms with Crippen molar-refractivity contribution in [2.75, 3.05) is 12.0 Å². The molecule has 2 aromatic heterocycles. The molecular weight excluding hydrogens is 452 g/mol. The highest BCUT2D eigenvalue weighted by atomic mass is 32.1. The second-order valence-corrected chi connectivity index (χ2v) is 8.92. The van der Waals surface area contributed by atoms with Crippen LogP contribution in [0.3, 0.4) is 0 Å². The van der Waals surface area contributed by atoms with E-state index in [0.29, 0.717) is 5.11 Å². The molecule has 5 nitrogen and oxygen atoms in total. The van der Waals surface area contributed by atoms with E-state index in [0.717, 1.165) is 28.5 Å². The summed E-state index contributed by atoms with van der Waals surface area (Å²) in [4.78, 5) is 6.85. The summed E-state index contributed by atoms with van der Waals surface area (Å²) < 4.78 is 7.76. The summed E-state index contributed by atoms with van der Waals surface area (Å²) in [5.74, 6) is 0.787. The van der Waals surface area contributed by atoms with Crippen LogP contribution < -0.4 is 15.0 Å². The molecule has 5 aromatic rings. The predicted molar refractivity (Wildman–Crippen MR) is 144 cm³/mol. The van der Waals surface area contributed by atoms with Crippen LogP contribution >= 0.6 is 12.2 Å². The fourth-order valence-electron chi connectivity index (χ4n) is 4.89. The van der Waals surface area contributed by atoms with Crippen molar-refractivity contribution in [1.29, 1.82) is 0 Å². The number of fused-ring (bicyclic) bond motifs is 1. The number of hydrogen-bond donors (Lipinski definition) is 1. The Morgan fingerprint density at radius 2 is 1.69 bits per heavy atom. The molecule has 1 aliphatic rings. The van der Waals surface area contributed by atoms with Crippen LogP contribution in [-0.2, 0) is 0 Å². The molecule has 1 fully saturated rings. The van der Waals surface area contributed by atoms with Gasteiger partial charge in [-0.15, -0.1) is 0 Å². The Morgan fingerprint density at radius 3 is 2.51 bits per heavy atom. The minimum absolute atomic E-state index is 0.119. The molecule has 1 aliphatic heterocycles. The standard InChI is InChI=1S/C29H24N4OS/c1-34-24-11-6-10-23(19-24)33-28(27(31-29(33)35)25-12-4-5-16-30-25)26-13-7-17-32(26)22-15-14-20-8-2-3-9-21(20)18-22/h2-19,27-28H,1H3,(H,31,35)/t27-,28-/m0/s1. The summed E-state index contributed by atoms with van der Waals surface area (Å²) >= 11 is 5.89. The van der Waals surface area contributed by atoms with Gasteiger partial charge in [0.05, 0.1) is 18.8 Å². The molecule has 2 atom stereocenters. The van der Waals surface area contributed by atoms with Crippen LogP contribution in [0.4, 0.5) is 5.69 Å². The van der Waals surface area contributed by atoms with Crippen molar-refractivity contribution >= 4 is 33.8 Å². The molecule has 0 amide bonds. The van der Waals surface area contributed by atoms with Crippen LogP contribution in [0.25, 0.3) is 16.5 Å².